The van der Waals surface area contributed by atoms with Crippen LogP contribution in [-0.2, 0) is 4.79 Å². The van der Waals surface area contributed by atoms with E-state index in [1.54, 1.807) is 0 Å². The van der Waals surface area contributed by atoms with Crippen LogP contribution < -0.4 is 5.73 Å². The number of likely N-dealkylation sites (tertiary alicyclic amines) is 1. The van der Waals surface area contributed by atoms with Crippen LogP contribution in [0.1, 0.15) is 39.5 Å². The Morgan fingerprint density at radius 1 is 1.33 bits per heavy atom. The molecule has 1 saturated carbocycles. The van der Waals surface area contributed by atoms with Crippen molar-refractivity contribution in [3.8, 4) is 0 Å². The summed E-state index contributed by atoms with van der Waals surface area (Å²) in [6.07, 6.45) is 3.36. The van der Waals surface area contributed by atoms with E-state index in [2.05, 4.69) is 0 Å². The summed E-state index contributed by atoms with van der Waals surface area (Å²) in [5, 5.41) is 9.91. The number of carbonyl (C=O) groups excluding carboxylic acids is 1. The third-order valence-electron chi connectivity index (χ3n) is 5.30. The topological polar surface area (TPSA) is 66.6 Å². The summed E-state index contributed by atoms with van der Waals surface area (Å²) in [5.74, 6) is 1.02. The molecule has 18 heavy (non-hydrogen) atoms. The Bertz CT molecular complexity index is 307. The molecule has 104 valence electrons. The highest BCUT2D eigenvalue weighted by atomic mass is 16.3. The molecule has 2 aliphatic rings. The van der Waals surface area contributed by atoms with Crippen LogP contribution in [0.5, 0.6) is 0 Å². The summed E-state index contributed by atoms with van der Waals surface area (Å²) >= 11 is 0. The summed E-state index contributed by atoms with van der Waals surface area (Å²) in [5.41, 5.74) is 5.46. The fourth-order valence-electron chi connectivity index (χ4n) is 3.67. The number of carbonyl (C=O) groups is 1. The third kappa shape index (κ3) is 2.05. The lowest BCUT2D eigenvalue weighted by atomic mass is 9.81. The van der Waals surface area contributed by atoms with Crippen molar-refractivity contribution in [2.75, 3.05) is 19.6 Å². The average molecular weight is 254 g/mol. The smallest absolute Gasteiger partial charge is 0.230 e. The van der Waals surface area contributed by atoms with Gasteiger partial charge >= 0.3 is 0 Å². The summed E-state index contributed by atoms with van der Waals surface area (Å²) in [4.78, 5) is 14.6. The Balaban J connectivity index is 2.07. The minimum absolute atomic E-state index is 0.205. The first-order chi connectivity index (χ1) is 8.57. The molecule has 4 heteroatoms. The summed E-state index contributed by atoms with van der Waals surface area (Å²) < 4.78 is 0. The van der Waals surface area contributed by atoms with E-state index in [1.165, 1.54) is 0 Å². The van der Waals surface area contributed by atoms with Crippen LogP contribution in [0.25, 0.3) is 0 Å². The second kappa shape index (κ2) is 5.17. The molecule has 1 aliphatic heterocycles. The van der Waals surface area contributed by atoms with E-state index in [9.17, 15) is 9.90 Å². The maximum absolute atomic E-state index is 12.7. The molecule has 2 rings (SSSR count). The van der Waals surface area contributed by atoms with Crippen LogP contribution in [0, 0.1) is 17.3 Å². The number of aliphatic hydroxyl groups is 1. The van der Waals surface area contributed by atoms with Gasteiger partial charge in [0.05, 0.1) is 11.5 Å². The van der Waals surface area contributed by atoms with Crippen molar-refractivity contribution in [2.24, 2.45) is 23.0 Å². The Morgan fingerprint density at radius 3 is 2.50 bits per heavy atom. The van der Waals surface area contributed by atoms with E-state index in [-0.39, 0.29) is 17.4 Å². The number of hydrogen-bond acceptors (Lipinski definition) is 3. The standard InChI is InChI=1S/C14H26N2O2/c1-3-14(4-2,9-15)13(18)16-7-10-5-6-12(17)11(10)8-16/h10-12,17H,3-9,15H2,1-2H3. The number of hydrogen-bond donors (Lipinski definition) is 2. The molecule has 3 unspecified atom stereocenters. The lowest BCUT2D eigenvalue weighted by Gasteiger charge is -2.33. The monoisotopic (exact) mass is 254 g/mol. The number of aliphatic hydroxyl groups excluding tert-OH is 1. The molecule has 3 atom stereocenters. The zero-order valence-corrected chi connectivity index (χ0v) is 11.6. The Morgan fingerprint density at radius 2 is 2.00 bits per heavy atom. The van der Waals surface area contributed by atoms with Crippen molar-refractivity contribution in [1.29, 1.82) is 0 Å². The number of amides is 1. The fourth-order valence-corrected chi connectivity index (χ4v) is 3.67. The lowest BCUT2D eigenvalue weighted by Crippen LogP contribution is -2.47. The van der Waals surface area contributed by atoms with Crippen molar-refractivity contribution < 1.29 is 9.90 Å². The van der Waals surface area contributed by atoms with Crippen LogP contribution in [0.3, 0.4) is 0 Å². The Labute approximate surface area is 110 Å². The normalized spacial score (nSPS) is 31.8. The molecule has 1 aliphatic carbocycles. The first kappa shape index (κ1) is 13.8. The second-order valence-electron chi connectivity index (χ2n) is 5.97. The van der Waals surface area contributed by atoms with Crippen molar-refractivity contribution in [1.82, 2.24) is 4.90 Å². The molecule has 0 aromatic heterocycles. The largest absolute Gasteiger partial charge is 0.393 e. The lowest BCUT2D eigenvalue weighted by molar-refractivity contribution is -0.141. The van der Waals surface area contributed by atoms with E-state index in [1.807, 2.05) is 18.7 Å². The molecule has 2 fully saturated rings. The van der Waals surface area contributed by atoms with E-state index in [4.69, 9.17) is 5.73 Å². The molecule has 0 spiro atoms. The number of nitrogens with two attached hydrogens (primary N) is 1. The van der Waals surface area contributed by atoms with E-state index in [0.717, 1.165) is 38.8 Å². The van der Waals surface area contributed by atoms with Gasteiger partial charge in [-0.2, -0.15) is 0 Å². The van der Waals surface area contributed by atoms with Gasteiger partial charge < -0.3 is 15.7 Å². The quantitative estimate of drug-likeness (QED) is 0.786. The van der Waals surface area contributed by atoms with Gasteiger partial charge in [-0.3, -0.25) is 4.79 Å². The SMILES string of the molecule is CCC(CC)(CN)C(=O)N1CC2CCC(O)C2C1. The minimum atomic E-state index is -0.385. The first-order valence-electron chi connectivity index (χ1n) is 7.25. The molecule has 1 heterocycles. The predicted octanol–water partition coefficient (Wildman–Crippen LogP) is 0.981. The molecule has 0 aromatic carbocycles. The Hall–Kier alpha value is -0.610. The molecule has 0 aromatic rings. The van der Waals surface area contributed by atoms with Gasteiger partial charge in [0.25, 0.3) is 0 Å². The molecular formula is C14H26N2O2. The molecule has 1 saturated heterocycles. The van der Waals surface area contributed by atoms with Gasteiger partial charge in [0.2, 0.25) is 5.91 Å². The van der Waals surface area contributed by atoms with Gasteiger partial charge in [-0.25, -0.2) is 0 Å². The van der Waals surface area contributed by atoms with Gasteiger partial charge in [-0.15, -0.1) is 0 Å². The highest BCUT2D eigenvalue weighted by Crippen LogP contribution is 2.40. The van der Waals surface area contributed by atoms with Crippen molar-refractivity contribution in [3.05, 3.63) is 0 Å². The molecule has 0 bridgehead atoms. The van der Waals surface area contributed by atoms with Gasteiger partial charge in [0, 0.05) is 25.6 Å². The van der Waals surface area contributed by atoms with E-state index >= 15 is 0 Å². The predicted molar refractivity (Wildman–Crippen MR) is 70.9 cm³/mol. The molecular weight excluding hydrogens is 228 g/mol. The van der Waals surface area contributed by atoms with Gasteiger partial charge in [0.1, 0.15) is 0 Å². The summed E-state index contributed by atoms with van der Waals surface area (Å²) in [6.45, 7) is 6.06. The van der Waals surface area contributed by atoms with Crippen LogP contribution in [0.15, 0.2) is 0 Å². The van der Waals surface area contributed by atoms with Crippen molar-refractivity contribution in [3.63, 3.8) is 0 Å². The zero-order valence-electron chi connectivity index (χ0n) is 11.6. The van der Waals surface area contributed by atoms with Crippen LogP contribution in [-0.4, -0.2) is 41.7 Å². The van der Waals surface area contributed by atoms with Gasteiger partial charge in [-0.05, 0) is 31.6 Å². The number of nitrogens with zero attached hydrogens (tertiary/aromatic N) is 1. The third-order valence-corrected chi connectivity index (χ3v) is 5.30. The molecule has 3 N–H and O–H groups in total. The van der Waals surface area contributed by atoms with Crippen LogP contribution >= 0.6 is 0 Å². The molecule has 0 radical (unpaired) electrons. The van der Waals surface area contributed by atoms with E-state index < -0.39 is 0 Å². The highest BCUT2D eigenvalue weighted by Gasteiger charge is 2.46. The Kier molecular flexibility index (Phi) is 3.97. The maximum Gasteiger partial charge on any atom is 0.230 e. The number of fused-ring (bicyclic) bond motifs is 1. The average Bonchev–Trinajstić information content (AvgIpc) is 2.95. The summed E-state index contributed by atoms with van der Waals surface area (Å²) in [7, 11) is 0. The molecule has 1 amide bonds. The van der Waals surface area contributed by atoms with Gasteiger partial charge in [-0.1, -0.05) is 13.8 Å². The highest BCUT2D eigenvalue weighted by molar-refractivity contribution is 5.83. The summed E-state index contributed by atoms with van der Waals surface area (Å²) in [6, 6.07) is 0. The second-order valence-corrected chi connectivity index (χ2v) is 5.97. The van der Waals surface area contributed by atoms with Crippen LogP contribution in [0.2, 0.25) is 0 Å². The van der Waals surface area contributed by atoms with Crippen LogP contribution in [0.4, 0.5) is 0 Å². The van der Waals surface area contributed by atoms with Crippen molar-refractivity contribution >= 4 is 5.91 Å². The van der Waals surface area contributed by atoms with Gasteiger partial charge in [0.15, 0.2) is 0 Å². The molecule has 4 nitrogen and oxygen atoms in total. The maximum atomic E-state index is 12.7. The zero-order chi connectivity index (χ0) is 13.3. The van der Waals surface area contributed by atoms with E-state index in [0.29, 0.717) is 18.4 Å². The number of rotatable bonds is 4. The van der Waals surface area contributed by atoms with Crippen molar-refractivity contribution in [2.45, 2.75) is 45.6 Å². The fraction of sp³-hybridized carbons (Fsp3) is 0.929. The minimum Gasteiger partial charge on any atom is -0.393 e. The first-order valence-corrected chi connectivity index (χ1v) is 7.25.